The lowest BCUT2D eigenvalue weighted by atomic mass is 10.1. The van der Waals surface area contributed by atoms with Crippen molar-refractivity contribution in [2.45, 2.75) is 31.4 Å². The highest BCUT2D eigenvalue weighted by atomic mass is 35.5. The first kappa shape index (κ1) is 12.5. The van der Waals surface area contributed by atoms with Crippen LogP contribution < -0.4 is 5.73 Å². The van der Waals surface area contributed by atoms with Crippen molar-refractivity contribution in [2.75, 3.05) is 5.73 Å². The molecular formula is C14H16ClN3O. The number of rotatable bonds is 2. The van der Waals surface area contributed by atoms with Crippen molar-refractivity contribution in [1.82, 2.24) is 9.78 Å². The topological polar surface area (TPSA) is 64.1 Å². The molecule has 19 heavy (non-hydrogen) atoms. The molecule has 4 nitrogen and oxygen atoms in total. The van der Waals surface area contributed by atoms with E-state index in [0.29, 0.717) is 10.8 Å². The van der Waals surface area contributed by atoms with Gasteiger partial charge in [0.25, 0.3) is 0 Å². The summed E-state index contributed by atoms with van der Waals surface area (Å²) in [6, 6.07) is 9.34. The summed E-state index contributed by atoms with van der Waals surface area (Å²) in [5, 5.41) is 15.2. The minimum Gasteiger partial charge on any atom is -0.391 e. The fraction of sp³-hybridized carbons (Fsp3) is 0.357. The van der Waals surface area contributed by atoms with Crippen molar-refractivity contribution in [3.05, 3.63) is 35.4 Å². The van der Waals surface area contributed by atoms with E-state index in [9.17, 15) is 5.11 Å². The summed E-state index contributed by atoms with van der Waals surface area (Å²) in [5.41, 5.74) is 7.74. The third-order valence-electron chi connectivity index (χ3n) is 3.64. The molecule has 3 N–H and O–H groups in total. The van der Waals surface area contributed by atoms with Crippen molar-refractivity contribution in [2.24, 2.45) is 0 Å². The number of nitrogens with zero attached hydrogens (tertiary/aromatic N) is 2. The molecule has 100 valence electrons. The molecule has 5 heteroatoms. The molecule has 1 aliphatic carbocycles. The summed E-state index contributed by atoms with van der Waals surface area (Å²) in [5.74, 6) is 0.584. The van der Waals surface area contributed by atoms with Gasteiger partial charge in [0.15, 0.2) is 0 Å². The SMILES string of the molecule is Nc1cc(-c2cccc(Cl)c2)nn1C1CCCC1O. The number of aliphatic hydroxyl groups is 1. The fourth-order valence-electron chi connectivity index (χ4n) is 2.67. The van der Waals surface area contributed by atoms with E-state index in [0.717, 1.165) is 30.5 Å². The zero-order valence-electron chi connectivity index (χ0n) is 10.5. The number of halogens is 1. The lowest BCUT2D eigenvalue weighted by Gasteiger charge is -2.16. The van der Waals surface area contributed by atoms with E-state index >= 15 is 0 Å². The van der Waals surface area contributed by atoms with Gasteiger partial charge >= 0.3 is 0 Å². The lowest BCUT2D eigenvalue weighted by Crippen LogP contribution is -2.20. The van der Waals surface area contributed by atoms with Gasteiger partial charge in [-0.05, 0) is 31.4 Å². The maximum atomic E-state index is 9.95. The fourth-order valence-corrected chi connectivity index (χ4v) is 2.86. The monoisotopic (exact) mass is 277 g/mol. The molecule has 1 fully saturated rings. The van der Waals surface area contributed by atoms with Crippen LogP contribution in [0.15, 0.2) is 30.3 Å². The summed E-state index contributed by atoms with van der Waals surface area (Å²) in [6.07, 6.45) is 2.39. The average molecular weight is 278 g/mol. The number of aromatic nitrogens is 2. The molecule has 2 unspecified atom stereocenters. The predicted octanol–water partition coefficient (Wildman–Crippen LogP) is 2.87. The summed E-state index contributed by atoms with van der Waals surface area (Å²) in [4.78, 5) is 0. The molecule has 2 atom stereocenters. The van der Waals surface area contributed by atoms with Gasteiger partial charge in [0.2, 0.25) is 0 Å². The van der Waals surface area contributed by atoms with E-state index in [-0.39, 0.29) is 12.1 Å². The number of nitrogens with two attached hydrogens (primary N) is 1. The van der Waals surface area contributed by atoms with Crippen LogP contribution in [-0.2, 0) is 0 Å². The molecule has 0 bridgehead atoms. The first-order valence-electron chi connectivity index (χ1n) is 6.44. The van der Waals surface area contributed by atoms with Crippen molar-refractivity contribution in [1.29, 1.82) is 0 Å². The lowest BCUT2D eigenvalue weighted by molar-refractivity contribution is 0.131. The molecule has 0 saturated heterocycles. The smallest absolute Gasteiger partial charge is 0.122 e. The van der Waals surface area contributed by atoms with E-state index in [4.69, 9.17) is 17.3 Å². The highest BCUT2D eigenvalue weighted by molar-refractivity contribution is 6.30. The van der Waals surface area contributed by atoms with Gasteiger partial charge in [0.1, 0.15) is 5.82 Å². The Morgan fingerprint density at radius 1 is 1.32 bits per heavy atom. The van der Waals surface area contributed by atoms with Crippen LogP contribution >= 0.6 is 11.6 Å². The highest BCUT2D eigenvalue weighted by Gasteiger charge is 2.29. The molecule has 1 saturated carbocycles. The largest absolute Gasteiger partial charge is 0.391 e. The van der Waals surface area contributed by atoms with E-state index in [1.807, 2.05) is 30.3 Å². The molecule has 0 spiro atoms. The number of hydrogen-bond acceptors (Lipinski definition) is 3. The molecule has 0 radical (unpaired) electrons. The quantitative estimate of drug-likeness (QED) is 0.887. The molecule has 0 aliphatic heterocycles. The zero-order chi connectivity index (χ0) is 13.4. The second-order valence-electron chi connectivity index (χ2n) is 4.97. The second-order valence-corrected chi connectivity index (χ2v) is 5.41. The van der Waals surface area contributed by atoms with Crippen LogP contribution in [0.5, 0.6) is 0 Å². The summed E-state index contributed by atoms with van der Waals surface area (Å²) in [6.45, 7) is 0. The van der Waals surface area contributed by atoms with Crippen molar-refractivity contribution in [3.8, 4) is 11.3 Å². The average Bonchev–Trinajstić information content (AvgIpc) is 2.95. The Labute approximate surface area is 116 Å². The van der Waals surface area contributed by atoms with E-state index < -0.39 is 0 Å². The third-order valence-corrected chi connectivity index (χ3v) is 3.88. The van der Waals surface area contributed by atoms with Gasteiger partial charge in [-0.3, -0.25) is 0 Å². The van der Waals surface area contributed by atoms with E-state index in [1.54, 1.807) is 4.68 Å². The number of benzene rings is 1. The van der Waals surface area contributed by atoms with E-state index in [1.165, 1.54) is 0 Å². The Balaban J connectivity index is 1.97. The minimum atomic E-state index is -0.352. The first-order valence-corrected chi connectivity index (χ1v) is 6.82. The molecule has 3 rings (SSSR count). The van der Waals surface area contributed by atoms with Gasteiger partial charge in [-0.1, -0.05) is 23.7 Å². The van der Waals surface area contributed by atoms with Gasteiger partial charge in [-0.15, -0.1) is 0 Å². The van der Waals surface area contributed by atoms with Crippen LogP contribution in [0.4, 0.5) is 5.82 Å². The molecule has 1 aliphatic rings. The Kier molecular flexibility index (Phi) is 3.21. The molecule has 0 amide bonds. The molecule has 1 aromatic heterocycles. The number of anilines is 1. The third kappa shape index (κ3) is 2.33. The molecule has 2 aromatic rings. The highest BCUT2D eigenvalue weighted by Crippen LogP contribution is 2.33. The Morgan fingerprint density at radius 2 is 2.16 bits per heavy atom. The van der Waals surface area contributed by atoms with Crippen molar-refractivity contribution < 1.29 is 5.11 Å². The van der Waals surface area contributed by atoms with Crippen LogP contribution in [0.1, 0.15) is 25.3 Å². The van der Waals surface area contributed by atoms with Gasteiger partial charge in [-0.2, -0.15) is 5.10 Å². The standard InChI is InChI=1S/C14H16ClN3O/c15-10-4-1-3-9(7-10)11-8-14(16)18(17-11)12-5-2-6-13(12)19/h1,3-4,7-8,12-13,19H,2,5-6,16H2. The van der Waals surface area contributed by atoms with Gasteiger partial charge in [0, 0.05) is 16.7 Å². The summed E-state index contributed by atoms with van der Waals surface area (Å²) >= 11 is 5.99. The van der Waals surface area contributed by atoms with Crippen LogP contribution in [-0.4, -0.2) is 21.0 Å². The van der Waals surface area contributed by atoms with Gasteiger partial charge in [-0.25, -0.2) is 4.68 Å². The predicted molar refractivity (Wildman–Crippen MR) is 76.0 cm³/mol. The maximum absolute atomic E-state index is 9.95. The summed E-state index contributed by atoms with van der Waals surface area (Å²) in [7, 11) is 0. The van der Waals surface area contributed by atoms with Crippen LogP contribution in [0.25, 0.3) is 11.3 Å². The zero-order valence-corrected chi connectivity index (χ0v) is 11.2. The van der Waals surface area contributed by atoms with Crippen LogP contribution in [0.2, 0.25) is 5.02 Å². The second kappa shape index (κ2) is 4.87. The number of hydrogen-bond donors (Lipinski definition) is 2. The van der Waals surface area contributed by atoms with Crippen LogP contribution in [0.3, 0.4) is 0 Å². The Morgan fingerprint density at radius 3 is 2.84 bits per heavy atom. The number of nitrogen functional groups attached to an aromatic ring is 1. The Bertz CT molecular complexity index is 596. The van der Waals surface area contributed by atoms with Gasteiger partial charge in [0.05, 0.1) is 17.8 Å². The molecular weight excluding hydrogens is 262 g/mol. The van der Waals surface area contributed by atoms with Crippen molar-refractivity contribution in [3.63, 3.8) is 0 Å². The molecule has 1 aromatic carbocycles. The maximum Gasteiger partial charge on any atom is 0.122 e. The minimum absolute atomic E-state index is 0.00654. The summed E-state index contributed by atoms with van der Waals surface area (Å²) < 4.78 is 1.74. The van der Waals surface area contributed by atoms with E-state index in [2.05, 4.69) is 5.10 Å². The Hall–Kier alpha value is -1.52. The number of aliphatic hydroxyl groups excluding tert-OH is 1. The first-order chi connectivity index (χ1) is 9.15. The van der Waals surface area contributed by atoms with Crippen LogP contribution in [0, 0.1) is 0 Å². The normalized spacial score (nSPS) is 22.8. The van der Waals surface area contributed by atoms with Crippen molar-refractivity contribution >= 4 is 17.4 Å². The molecule has 1 heterocycles. The van der Waals surface area contributed by atoms with Gasteiger partial charge < -0.3 is 10.8 Å².